The van der Waals surface area contributed by atoms with E-state index in [1.807, 2.05) is 37.2 Å². The first kappa shape index (κ1) is 19.6. The fraction of sp³-hybridized carbons (Fsp3) is 0.286. The molecule has 2 heterocycles. The molecule has 1 saturated carbocycles. The van der Waals surface area contributed by atoms with Gasteiger partial charge in [-0.3, -0.25) is 14.2 Å². The van der Waals surface area contributed by atoms with E-state index in [0.29, 0.717) is 17.4 Å². The molecule has 1 aliphatic rings. The Labute approximate surface area is 173 Å². The van der Waals surface area contributed by atoms with Gasteiger partial charge in [0.05, 0.1) is 23.9 Å². The molecule has 0 spiro atoms. The van der Waals surface area contributed by atoms with Crippen molar-refractivity contribution in [3.05, 3.63) is 65.0 Å². The van der Waals surface area contributed by atoms with Crippen LogP contribution in [0, 0.1) is 0 Å². The Hall–Kier alpha value is -3.75. The Balaban J connectivity index is 1.35. The predicted molar refractivity (Wildman–Crippen MR) is 115 cm³/mol. The van der Waals surface area contributed by atoms with Crippen LogP contribution in [0.25, 0.3) is 0 Å². The third-order valence-electron chi connectivity index (χ3n) is 4.81. The molecule has 154 valence electrons. The van der Waals surface area contributed by atoms with Gasteiger partial charge in [-0.25, -0.2) is 4.98 Å². The number of hydrogen-bond acceptors (Lipinski definition) is 7. The van der Waals surface area contributed by atoms with Crippen LogP contribution in [0.2, 0.25) is 0 Å². The van der Waals surface area contributed by atoms with Crippen LogP contribution in [0.5, 0.6) is 0 Å². The Morgan fingerprint density at radius 3 is 2.57 bits per heavy atom. The monoisotopic (exact) mass is 405 g/mol. The predicted octanol–water partition coefficient (Wildman–Crippen LogP) is 2.36. The molecule has 0 saturated heterocycles. The zero-order valence-corrected chi connectivity index (χ0v) is 16.9. The minimum absolute atomic E-state index is 0.0797. The SMILES string of the molecule is CN(C)c1cnnc(Nc2ccc(NC(=O)Cn3cnc(C4CC4)cc3=O)cc2)c1. The van der Waals surface area contributed by atoms with Gasteiger partial charge >= 0.3 is 0 Å². The van der Waals surface area contributed by atoms with Gasteiger partial charge in [0.2, 0.25) is 5.91 Å². The number of amides is 1. The summed E-state index contributed by atoms with van der Waals surface area (Å²) in [5.41, 5.74) is 3.00. The highest BCUT2D eigenvalue weighted by Gasteiger charge is 2.25. The number of hydrogen-bond donors (Lipinski definition) is 2. The molecular formula is C21H23N7O2. The van der Waals surface area contributed by atoms with Gasteiger partial charge in [-0.05, 0) is 37.1 Å². The number of nitrogens with one attached hydrogen (secondary N) is 2. The molecule has 0 radical (unpaired) electrons. The second kappa shape index (κ2) is 8.32. The third-order valence-corrected chi connectivity index (χ3v) is 4.81. The maximum atomic E-state index is 12.3. The lowest BCUT2D eigenvalue weighted by atomic mass is 10.2. The molecule has 2 aromatic heterocycles. The van der Waals surface area contributed by atoms with Gasteiger partial charge in [0.15, 0.2) is 5.82 Å². The molecule has 1 aromatic carbocycles. The van der Waals surface area contributed by atoms with Gasteiger partial charge in [-0.15, -0.1) is 5.10 Å². The van der Waals surface area contributed by atoms with Crippen LogP contribution in [0.3, 0.4) is 0 Å². The molecule has 0 aliphatic heterocycles. The lowest BCUT2D eigenvalue weighted by molar-refractivity contribution is -0.116. The van der Waals surface area contributed by atoms with E-state index in [2.05, 4.69) is 25.8 Å². The van der Waals surface area contributed by atoms with Crippen molar-refractivity contribution >= 4 is 28.8 Å². The van der Waals surface area contributed by atoms with Crippen LogP contribution in [-0.2, 0) is 11.3 Å². The molecular weight excluding hydrogens is 382 g/mol. The van der Waals surface area contributed by atoms with Crippen molar-refractivity contribution in [3.8, 4) is 0 Å². The molecule has 2 N–H and O–H groups in total. The number of anilines is 4. The maximum Gasteiger partial charge on any atom is 0.254 e. The van der Waals surface area contributed by atoms with Crippen molar-refractivity contribution in [1.29, 1.82) is 0 Å². The van der Waals surface area contributed by atoms with Gasteiger partial charge in [0.25, 0.3) is 5.56 Å². The minimum atomic E-state index is -0.289. The van der Waals surface area contributed by atoms with Crippen molar-refractivity contribution in [2.45, 2.75) is 25.3 Å². The third kappa shape index (κ3) is 4.80. The van der Waals surface area contributed by atoms with Gasteiger partial charge in [0.1, 0.15) is 6.54 Å². The topological polar surface area (TPSA) is 105 Å². The Bertz CT molecular complexity index is 1100. The summed E-state index contributed by atoms with van der Waals surface area (Å²) in [6, 6.07) is 10.6. The molecule has 1 amide bonds. The number of aromatic nitrogens is 4. The van der Waals surface area contributed by atoms with E-state index in [-0.39, 0.29) is 18.0 Å². The zero-order valence-electron chi connectivity index (χ0n) is 16.9. The first-order chi connectivity index (χ1) is 14.5. The standard InChI is InChI=1S/C21H23N7O2/c1-27(2)17-9-19(26-23-11-17)24-15-5-7-16(8-6-15)25-20(29)12-28-13-22-18(10-21(28)30)14-3-4-14/h5-11,13-14H,3-4,12H2,1-2H3,(H,24,26)(H,25,29). The van der Waals surface area contributed by atoms with Crippen LogP contribution in [0.4, 0.5) is 22.9 Å². The number of nitrogens with zero attached hydrogens (tertiary/aromatic N) is 5. The highest BCUT2D eigenvalue weighted by molar-refractivity contribution is 5.90. The number of carbonyl (C=O) groups is 1. The van der Waals surface area contributed by atoms with E-state index >= 15 is 0 Å². The Kier molecular flexibility index (Phi) is 5.42. The fourth-order valence-electron chi connectivity index (χ4n) is 2.96. The van der Waals surface area contributed by atoms with E-state index in [9.17, 15) is 9.59 Å². The average Bonchev–Trinajstić information content (AvgIpc) is 3.56. The zero-order chi connectivity index (χ0) is 21.1. The summed E-state index contributed by atoms with van der Waals surface area (Å²) in [6.07, 6.45) is 5.29. The van der Waals surface area contributed by atoms with Crippen molar-refractivity contribution in [1.82, 2.24) is 19.7 Å². The number of rotatable bonds is 7. The van der Waals surface area contributed by atoms with Crippen molar-refractivity contribution < 1.29 is 4.79 Å². The lowest BCUT2D eigenvalue weighted by Crippen LogP contribution is -2.27. The average molecular weight is 405 g/mol. The quantitative estimate of drug-likeness (QED) is 0.622. The van der Waals surface area contributed by atoms with Crippen LogP contribution >= 0.6 is 0 Å². The Morgan fingerprint density at radius 1 is 1.17 bits per heavy atom. The largest absolute Gasteiger partial charge is 0.376 e. The van der Waals surface area contributed by atoms with Gasteiger partial charge in [0, 0.05) is 43.5 Å². The van der Waals surface area contributed by atoms with Crippen molar-refractivity contribution in [2.24, 2.45) is 0 Å². The second-order valence-corrected chi connectivity index (χ2v) is 7.50. The normalized spacial score (nSPS) is 13.0. The van der Waals surface area contributed by atoms with E-state index in [1.54, 1.807) is 18.3 Å². The molecule has 9 heteroatoms. The molecule has 1 fully saturated rings. The summed E-state index contributed by atoms with van der Waals surface area (Å²) in [6.45, 7) is -0.0797. The molecule has 9 nitrogen and oxygen atoms in total. The smallest absolute Gasteiger partial charge is 0.254 e. The molecule has 0 bridgehead atoms. The summed E-state index contributed by atoms with van der Waals surface area (Å²) >= 11 is 0. The van der Waals surface area contributed by atoms with Crippen molar-refractivity contribution in [3.63, 3.8) is 0 Å². The minimum Gasteiger partial charge on any atom is -0.376 e. The maximum absolute atomic E-state index is 12.3. The summed E-state index contributed by atoms with van der Waals surface area (Å²) in [4.78, 5) is 30.7. The Morgan fingerprint density at radius 2 is 1.90 bits per heavy atom. The summed E-state index contributed by atoms with van der Waals surface area (Å²) in [5.74, 6) is 0.743. The first-order valence-electron chi connectivity index (χ1n) is 9.71. The van der Waals surface area contributed by atoms with E-state index in [4.69, 9.17) is 0 Å². The highest BCUT2D eigenvalue weighted by Crippen LogP contribution is 2.38. The van der Waals surface area contributed by atoms with E-state index in [1.165, 1.54) is 17.0 Å². The number of carbonyl (C=O) groups excluding carboxylic acids is 1. The van der Waals surface area contributed by atoms with Gasteiger partial charge in [-0.2, -0.15) is 5.10 Å². The van der Waals surface area contributed by atoms with E-state index in [0.717, 1.165) is 29.9 Å². The first-order valence-corrected chi connectivity index (χ1v) is 9.71. The molecule has 0 atom stereocenters. The van der Waals surface area contributed by atoms with Crippen LogP contribution < -0.4 is 21.1 Å². The van der Waals surface area contributed by atoms with Crippen LogP contribution in [-0.4, -0.2) is 39.8 Å². The number of benzene rings is 1. The fourth-order valence-corrected chi connectivity index (χ4v) is 2.96. The summed E-state index contributed by atoms with van der Waals surface area (Å²) < 4.78 is 1.31. The summed E-state index contributed by atoms with van der Waals surface area (Å²) in [7, 11) is 3.87. The highest BCUT2D eigenvalue weighted by atomic mass is 16.2. The van der Waals surface area contributed by atoms with E-state index < -0.39 is 0 Å². The molecule has 0 unspecified atom stereocenters. The lowest BCUT2D eigenvalue weighted by Gasteiger charge is -2.13. The summed E-state index contributed by atoms with van der Waals surface area (Å²) in [5, 5.41) is 14.0. The van der Waals surface area contributed by atoms with Gasteiger partial charge < -0.3 is 15.5 Å². The van der Waals surface area contributed by atoms with Crippen LogP contribution in [0.15, 0.2) is 53.7 Å². The van der Waals surface area contributed by atoms with Crippen LogP contribution in [0.1, 0.15) is 24.5 Å². The molecule has 4 rings (SSSR count). The van der Waals surface area contributed by atoms with Gasteiger partial charge in [-0.1, -0.05) is 0 Å². The molecule has 3 aromatic rings. The van der Waals surface area contributed by atoms with Crippen molar-refractivity contribution in [2.75, 3.05) is 29.6 Å². The second-order valence-electron chi connectivity index (χ2n) is 7.50. The molecule has 1 aliphatic carbocycles. The molecule has 30 heavy (non-hydrogen) atoms.